The fourth-order valence-electron chi connectivity index (χ4n) is 4.81. The Hall–Kier alpha value is -4.83. The summed E-state index contributed by atoms with van der Waals surface area (Å²) in [7, 11) is 1.37. The molecule has 0 aliphatic carbocycles. The number of ketones is 1. The van der Waals surface area contributed by atoms with Gasteiger partial charge in [0.1, 0.15) is 0 Å². The van der Waals surface area contributed by atoms with E-state index in [0.717, 1.165) is 5.56 Å². The van der Waals surface area contributed by atoms with E-state index >= 15 is 0 Å². The fraction of sp³-hybridized carbons (Fsp3) is 0.242. The molecule has 2 N–H and O–H groups in total. The number of nitrogens with zero attached hydrogens (tertiary/aromatic N) is 2. The van der Waals surface area contributed by atoms with E-state index in [2.05, 4.69) is 10.4 Å². The van der Waals surface area contributed by atoms with Crippen molar-refractivity contribution in [1.82, 2.24) is 9.78 Å². The van der Waals surface area contributed by atoms with Crippen molar-refractivity contribution in [3.63, 3.8) is 0 Å². The van der Waals surface area contributed by atoms with Crippen molar-refractivity contribution < 1.29 is 28.6 Å². The van der Waals surface area contributed by atoms with Crippen molar-refractivity contribution in [2.75, 3.05) is 19.1 Å². The molecule has 228 valence electrons. The molecular formula is C33H31ClFN3O6. The smallest absolute Gasteiger partial charge is 0.335 e. The number of methoxy groups -OCH3 is 1. The molecule has 0 unspecified atom stereocenters. The molecule has 3 aromatic carbocycles. The third kappa shape index (κ3) is 7.03. The standard InChI is InChI=1S/C33H31ClFN3O6/c1-33(2,3)26-7-5-6-19(10-15-28(40)36-22-12-8-20(9-13-22)32(42)43)30(26)38-29(41)17-25(31(37-38)44-4)24-16-21(34)11-14-23(24)27(39)18-35/h5-9,11-14,16-17H,10,15,18H2,1-4H3,(H,36,40)(H,42,43). The van der Waals surface area contributed by atoms with Crippen LogP contribution in [0.15, 0.2) is 71.5 Å². The molecule has 1 aromatic heterocycles. The first kappa shape index (κ1) is 32.1. The molecule has 0 atom stereocenters. The molecular weight excluding hydrogens is 589 g/mol. The Morgan fingerprint density at radius 1 is 1.02 bits per heavy atom. The number of hydrogen-bond acceptors (Lipinski definition) is 6. The van der Waals surface area contributed by atoms with Crippen LogP contribution in [0.25, 0.3) is 16.8 Å². The first-order chi connectivity index (χ1) is 20.8. The van der Waals surface area contributed by atoms with Gasteiger partial charge in [-0.05, 0) is 71.0 Å². The Kier molecular flexibility index (Phi) is 9.64. The number of Topliss-reactive ketones (excluding diaryl/α,β-unsaturated/α-hetero) is 1. The van der Waals surface area contributed by atoms with Crippen molar-refractivity contribution in [2.45, 2.75) is 39.0 Å². The minimum atomic E-state index is -1.23. The maximum Gasteiger partial charge on any atom is 0.335 e. The normalized spacial score (nSPS) is 11.2. The molecule has 0 saturated carbocycles. The van der Waals surface area contributed by atoms with Gasteiger partial charge >= 0.3 is 5.97 Å². The monoisotopic (exact) mass is 619 g/mol. The number of alkyl halides is 1. The number of anilines is 1. The molecule has 0 aliphatic heterocycles. The average Bonchev–Trinajstić information content (AvgIpc) is 2.99. The lowest BCUT2D eigenvalue weighted by molar-refractivity contribution is -0.116. The molecule has 9 nitrogen and oxygen atoms in total. The lowest BCUT2D eigenvalue weighted by Gasteiger charge is -2.25. The van der Waals surface area contributed by atoms with Crippen LogP contribution in [0.3, 0.4) is 0 Å². The van der Waals surface area contributed by atoms with E-state index in [1.807, 2.05) is 39.0 Å². The third-order valence-electron chi connectivity index (χ3n) is 6.96. The minimum Gasteiger partial charge on any atom is -0.480 e. The number of aryl methyl sites for hydroxylation is 1. The number of amides is 1. The quantitative estimate of drug-likeness (QED) is 0.200. The van der Waals surface area contributed by atoms with Crippen molar-refractivity contribution in [1.29, 1.82) is 0 Å². The second kappa shape index (κ2) is 13.2. The summed E-state index contributed by atoms with van der Waals surface area (Å²) in [5, 5.41) is 16.7. The summed E-state index contributed by atoms with van der Waals surface area (Å²) >= 11 is 6.19. The second-order valence-corrected chi connectivity index (χ2v) is 11.5. The number of aromatic carboxylic acids is 1. The summed E-state index contributed by atoms with van der Waals surface area (Å²) in [4.78, 5) is 50.0. The Balaban J connectivity index is 1.76. The molecule has 4 rings (SSSR count). The molecule has 1 heterocycles. The van der Waals surface area contributed by atoms with Crippen molar-refractivity contribution >= 4 is 34.9 Å². The zero-order valence-corrected chi connectivity index (χ0v) is 25.4. The van der Waals surface area contributed by atoms with Gasteiger partial charge in [-0.1, -0.05) is 50.6 Å². The van der Waals surface area contributed by atoms with Crippen LogP contribution in [0.4, 0.5) is 10.1 Å². The minimum absolute atomic E-state index is 0.0111. The molecule has 44 heavy (non-hydrogen) atoms. The van der Waals surface area contributed by atoms with Crippen LogP contribution in [0.1, 0.15) is 59.0 Å². The maximum absolute atomic E-state index is 13.7. The second-order valence-electron chi connectivity index (χ2n) is 11.1. The maximum atomic E-state index is 13.7. The van der Waals surface area contributed by atoms with E-state index in [-0.39, 0.29) is 51.9 Å². The lowest BCUT2D eigenvalue weighted by Crippen LogP contribution is -2.27. The predicted octanol–water partition coefficient (Wildman–Crippen LogP) is 6.28. The highest BCUT2D eigenvalue weighted by Crippen LogP contribution is 2.35. The van der Waals surface area contributed by atoms with Gasteiger partial charge in [-0.3, -0.25) is 14.4 Å². The molecule has 0 fully saturated rings. The van der Waals surface area contributed by atoms with E-state index in [0.29, 0.717) is 16.9 Å². The van der Waals surface area contributed by atoms with Crippen LogP contribution >= 0.6 is 11.6 Å². The van der Waals surface area contributed by atoms with E-state index < -0.39 is 29.4 Å². The third-order valence-corrected chi connectivity index (χ3v) is 7.20. The number of carbonyl (C=O) groups is 3. The van der Waals surface area contributed by atoms with Gasteiger partial charge in [-0.25, -0.2) is 9.18 Å². The van der Waals surface area contributed by atoms with Crippen molar-refractivity contribution in [2.24, 2.45) is 0 Å². The van der Waals surface area contributed by atoms with Crippen molar-refractivity contribution in [3.8, 4) is 22.7 Å². The van der Waals surface area contributed by atoms with E-state index in [1.165, 1.54) is 60.3 Å². The van der Waals surface area contributed by atoms with Gasteiger partial charge in [-0.2, -0.15) is 4.68 Å². The van der Waals surface area contributed by atoms with Gasteiger partial charge in [0.25, 0.3) is 5.56 Å². The molecule has 0 saturated heterocycles. The van der Waals surface area contributed by atoms with Crippen LogP contribution in [-0.4, -0.2) is 46.3 Å². The number of para-hydroxylation sites is 1. The topological polar surface area (TPSA) is 128 Å². The van der Waals surface area contributed by atoms with Crippen molar-refractivity contribution in [3.05, 3.63) is 104 Å². The van der Waals surface area contributed by atoms with Crippen LogP contribution < -0.4 is 15.6 Å². The van der Waals surface area contributed by atoms with Crippen LogP contribution in [0.2, 0.25) is 5.02 Å². The average molecular weight is 620 g/mol. The number of ether oxygens (including phenoxy) is 1. The summed E-state index contributed by atoms with van der Waals surface area (Å²) in [6, 6.07) is 16.9. The largest absolute Gasteiger partial charge is 0.480 e. The zero-order chi connectivity index (χ0) is 32.2. The molecule has 0 spiro atoms. The van der Waals surface area contributed by atoms with Gasteiger partial charge < -0.3 is 15.2 Å². The fourth-order valence-corrected chi connectivity index (χ4v) is 4.99. The van der Waals surface area contributed by atoms with Crippen LogP contribution in [0, 0.1) is 0 Å². The number of benzene rings is 3. The van der Waals surface area contributed by atoms with Gasteiger partial charge in [0.15, 0.2) is 12.5 Å². The highest BCUT2D eigenvalue weighted by atomic mass is 35.5. The Bertz CT molecular complexity index is 1800. The number of carboxylic acids is 1. The molecule has 11 heteroatoms. The molecule has 0 radical (unpaired) electrons. The van der Waals surface area contributed by atoms with Gasteiger partial charge in [0.2, 0.25) is 11.8 Å². The highest BCUT2D eigenvalue weighted by Gasteiger charge is 2.25. The zero-order valence-electron chi connectivity index (χ0n) is 24.6. The summed E-state index contributed by atoms with van der Waals surface area (Å²) in [5.74, 6) is -2.14. The summed E-state index contributed by atoms with van der Waals surface area (Å²) < 4.78 is 20.1. The van der Waals surface area contributed by atoms with Crippen LogP contribution in [0.5, 0.6) is 5.88 Å². The highest BCUT2D eigenvalue weighted by molar-refractivity contribution is 6.31. The summed E-state index contributed by atoms with van der Waals surface area (Å²) in [6.07, 6.45) is 0.308. The number of rotatable bonds is 10. The SMILES string of the molecule is COc1nn(-c2c(CCC(=O)Nc3ccc(C(=O)O)cc3)cccc2C(C)(C)C)c(=O)cc1-c1cc(Cl)ccc1C(=O)CF. The molecule has 1 amide bonds. The summed E-state index contributed by atoms with van der Waals surface area (Å²) in [6.45, 7) is 4.73. The number of halogens is 2. The Morgan fingerprint density at radius 2 is 1.73 bits per heavy atom. The number of carbonyl (C=O) groups excluding carboxylic acids is 2. The first-order valence-corrected chi connectivity index (χ1v) is 14.0. The van der Waals surface area contributed by atoms with Gasteiger partial charge in [-0.15, -0.1) is 5.10 Å². The number of aromatic nitrogens is 2. The number of carboxylic acid groups (broad SMARTS) is 1. The Morgan fingerprint density at radius 3 is 2.34 bits per heavy atom. The number of nitrogens with one attached hydrogen (secondary N) is 1. The van der Waals surface area contributed by atoms with E-state index in [1.54, 1.807) is 0 Å². The Labute approximate surface area is 258 Å². The first-order valence-electron chi connectivity index (χ1n) is 13.7. The predicted molar refractivity (Wildman–Crippen MR) is 166 cm³/mol. The van der Waals surface area contributed by atoms with Gasteiger partial charge in [0.05, 0.1) is 23.9 Å². The molecule has 0 aliphatic rings. The molecule has 4 aromatic rings. The molecule has 0 bridgehead atoms. The van der Waals surface area contributed by atoms with E-state index in [9.17, 15) is 23.6 Å². The summed E-state index contributed by atoms with van der Waals surface area (Å²) in [5.41, 5.74) is 1.96. The van der Waals surface area contributed by atoms with Gasteiger partial charge in [0, 0.05) is 28.8 Å². The van der Waals surface area contributed by atoms with E-state index in [4.69, 9.17) is 21.4 Å². The number of hydrogen-bond donors (Lipinski definition) is 2. The van der Waals surface area contributed by atoms with Crippen LogP contribution in [-0.2, 0) is 16.6 Å². The lowest BCUT2D eigenvalue weighted by atomic mass is 9.84.